The largest absolute Gasteiger partial charge is 0.305 e. The molecule has 0 aliphatic heterocycles. The van der Waals surface area contributed by atoms with Gasteiger partial charge < -0.3 is 5.32 Å². The first-order valence-corrected chi connectivity index (χ1v) is 5.80. The Morgan fingerprint density at radius 2 is 2.29 bits per heavy atom. The Bertz CT molecular complexity index is 564. The van der Waals surface area contributed by atoms with Crippen LogP contribution in [0.1, 0.15) is 16.2 Å². The summed E-state index contributed by atoms with van der Waals surface area (Å²) in [5.74, 6) is 0.380. The van der Waals surface area contributed by atoms with E-state index in [-0.39, 0.29) is 5.91 Å². The van der Waals surface area contributed by atoms with E-state index in [4.69, 9.17) is 0 Å². The van der Waals surface area contributed by atoms with Crippen LogP contribution in [0.3, 0.4) is 0 Å². The van der Waals surface area contributed by atoms with Crippen LogP contribution in [0.5, 0.6) is 0 Å². The molecule has 2 aromatic rings. The summed E-state index contributed by atoms with van der Waals surface area (Å²) < 4.78 is 2.28. The van der Waals surface area contributed by atoms with Gasteiger partial charge in [0.05, 0.1) is 5.69 Å². The van der Waals surface area contributed by atoms with Crippen molar-refractivity contribution in [3.05, 3.63) is 40.3 Å². The molecule has 0 aromatic carbocycles. The SMILES string of the molecule is Cc1cc(NC(=O)c2ncccc2Br)n(C)n1. The Labute approximate surface area is 107 Å². The molecule has 2 heterocycles. The molecule has 2 aromatic heterocycles. The van der Waals surface area contributed by atoms with E-state index in [1.54, 1.807) is 36.1 Å². The minimum absolute atomic E-state index is 0.263. The lowest BCUT2D eigenvalue weighted by Crippen LogP contribution is -2.16. The predicted molar refractivity (Wildman–Crippen MR) is 67.8 cm³/mol. The van der Waals surface area contributed by atoms with E-state index in [0.29, 0.717) is 16.0 Å². The van der Waals surface area contributed by atoms with E-state index in [0.717, 1.165) is 5.69 Å². The molecule has 0 aliphatic rings. The smallest absolute Gasteiger partial charge is 0.276 e. The number of aryl methyl sites for hydroxylation is 2. The van der Waals surface area contributed by atoms with Gasteiger partial charge in [0.1, 0.15) is 11.5 Å². The lowest BCUT2D eigenvalue weighted by atomic mass is 10.3. The molecule has 5 nitrogen and oxygen atoms in total. The third-order valence-electron chi connectivity index (χ3n) is 2.22. The third kappa shape index (κ3) is 2.52. The number of amides is 1. The minimum Gasteiger partial charge on any atom is -0.305 e. The maximum absolute atomic E-state index is 12.0. The number of nitrogens with one attached hydrogen (secondary N) is 1. The van der Waals surface area contributed by atoms with E-state index in [9.17, 15) is 4.79 Å². The molecule has 0 saturated carbocycles. The lowest BCUT2D eigenvalue weighted by molar-refractivity contribution is 0.102. The zero-order valence-electron chi connectivity index (χ0n) is 9.44. The zero-order valence-corrected chi connectivity index (χ0v) is 11.0. The second kappa shape index (κ2) is 4.67. The lowest BCUT2D eigenvalue weighted by Gasteiger charge is -2.05. The Morgan fingerprint density at radius 3 is 2.88 bits per heavy atom. The van der Waals surface area contributed by atoms with Crippen LogP contribution in [-0.2, 0) is 7.05 Å². The fourth-order valence-electron chi connectivity index (χ4n) is 1.46. The van der Waals surface area contributed by atoms with Crippen LogP contribution in [0.25, 0.3) is 0 Å². The summed E-state index contributed by atoms with van der Waals surface area (Å²) in [6, 6.07) is 5.33. The molecule has 17 heavy (non-hydrogen) atoms. The van der Waals surface area contributed by atoms with Gasteiger partial charge in [-0.2, -0.15) is 5.10 Å². The highest BCUT2D eigenvalue weighted by Crippen LogP contribution is 2.15. The van der Waals surface area contributed by atoms with E-state index in [2.05, 4.69) is 31.3 Å². The molecule has 2 rings (SSSR count). The standard InChI is InChI=1S/C11H11BrN4O/c1-7-6-9(16(2)15-7)14-11(17)10-8(12)4-3-5-13-10/h3-6H,1-2H3,(H,14,17). The average molecular weight is 295 g/mol. The van der Waals surface area contributed by atoms with E-state index < -0.39 is 0 Å². The van der Waals surface area contributed by atoms with Gasteiger partial charge in [-0.05, 0) is 35.0 Å². The molecule has 0 radical (unpaired) electrons. The molecule has 0 unspecified atom stereocenters. The summed E-state index contributed by atoms with van der Waals surface area (Å²) in [4.78, 5) is 16.0. The van der Waals surface area contributed by atoms with E-state index >= 15 is 0 Å². The summed E-state index contributed by atoms with van der Waals surface area (Å²) in [7, 11) is 1.77. The van der Waals surface area contributed by atoms with Gasteiger partial charge in [0.15, 0.2) is 0 Å². The van der Waals surface area contributed by atoms with Crippen LogP contribution in [0, 0.1) is 6.92 Å². The van der Waals surface area contributed by atoms with Crippen LogP contribution in [0.15, 0.2) is 28.9 Å². The minimum atomic E-state index is -0.263. The van der Waals surface area contributed by atoms with Crippen LogP contribution >= 0.6 is 15.9 Å². The van der Waals surface area contributed by atoms with E-state index in [1.807, 2.05) is 6.92 Å². The van der Waals surface area contributed by atoms with E-state index in [1.165, 1.54) is 0 Å². The number of hydrogen-bond acceptors (Lipinski definition) is 3. The first kappa shape index (κ1) is 11.8. The van der Waals surface area contributed by atoms with Crippen LogP contribution < -0.4 is 5.32 Å². The highest BCUT2D eigenvalue weighted by atomic mass is 79.9. The molecule has 0 atom stereocenters. The highest BCUT2D eigenvalue weighted by Gasteiger charge is 2.13. The number of nitrogens with zero attached hydrogens (tertiary/aromatic N) is 3. The number of hydrogen-bond donors (Lipinski definition) is 1. The van der Waals surface area contributed by atoms with Gasteiger partial charge in [0.25, 0.3) is 5.91 Å². The number of halogens is 1. The fourth-order valence-corrected chi connectivity index (χ4v) is 1.89. The van der Waals surface area contributed by atoms with Crippen molar-refractivity contribution >= 4 is 27.7 Å². The molecular weight excluding hydrogens is 284 g/mol. The molecule has 0 saturated heterocycles. The number of rotatable bonds is 2. The number of aromatic nitrogens is 3. The highest BCUT2D eigenvalue weighted by molar-refractivity contribution is 9.10. The molecule has 0 aliphatic carbocycles. The van der Waals surface area contributed by atoms with Crippen molar-refractivity contribution in [2.24, 2.45) is 7.05 Å². The Hall–Kier alpha value is -1.69. The van der Waals surface area contributed by atoms with Crippen molar-refractivity contribution in [3.63, 3.8) is 0 Å². The summed E-state index contributed by atoms with van der Waals surface area (Å²) >= 11 is 3.29. The third-order valence-corrected chi connectivity index (χ3v) is 2.86. The number of anilines is 1. The maximum Gasteiger partial charge on any atom is 0.276 e. The molecule has 0 bridgehead atoms. The quantitative estimate of drug-likeness (QED) is 0.923. The van der Waals surface area contributed by atoms with Gasteiger partial charge in [-0.25, -0.2) is 4.98 Å². The van der Waals surface area contributed by atoms with Crippen molar-refractivity contribution in [3.8, 4) is 0 Å². The summed E-state index contributed by atoms with van der Waals surface area (Å²) in [6.07, 6.45) is 1.58. The van der Waals surface area contributed by atoms with Gasteiger partial charge in [0, 0.05) is 23.8 Å². The van der Waals surface area contributed by atoms with Gasteiger partial charge in [0.2, 0.25) is 0 Å². The molecule has 1 N–H and O–H groups in total. The van der Waals surface area contributed by atoms with Gasteiger partial charge >= 0.3 is 0 Å². The topological polar surface area (TPSA) is 59.8 Å². The normalized spacial score (nSPS) is 10.3. The monoisotopic (exact) mass is 294 g/mol. The molecular formula is C11H11BrN4O. The summed E-state index contributed by atoms with van der Waals surface area (Å²) in [5.41, 5.74) is 1.20. The Balaban J connectivity index is 2.23. The van der Waals surface area contributed by atoms with Gasteiger partial charge in [-0.1, -0.05) is 0 Å². The van der Waals surface area contributed by atoms with Crippen molar-refractivity contribution < 1.29 is 4.79 Å². The zero-order chi connectivity index (χ0) is 12.4. The van der Waals surface area contributed by atoms with Crippen molar-refractivity contribution in [2.75, 3.05) is 5.32 Å². The van der Waals surface area contributed by atoms with Crippen LogP contribution in [0.2, 0.25) is 0 Å². The van der Waals surface area contributed by atoms with Crippen LogP contribution in [0.4, 0.5) is 5.82 Å². The van der Waals surface area contributed by atoms with Crippen LogP contribution in [-0.4, -0.2) is 20.7 Å². The molecule has 6 heteroatoms. The first-order chi connectivity index (χ1) is 8.08. The second-order valence-corrected chi connectivity index (χ2v) is 4.44. The first-order valence-electron chi connectivity index (χ1n) is 5.00. The fraction of sp³-hybridized carbons (Fsp3) is 0.182. The molecule has 0 fully saturated rings. The second-order valence-electron chi connectivity index (χ2n) is 3.58. The Kier molecular flexibility index (Phi) is 3.23. The predicted octanol–water partition coefficient (Wildman–Crippen LogP) is 2.14. The maximum atomic E-state index is 12.0. The van der Waals surface area contributed by atoms with Gasteiger partial charge in [-0.3, -0.25) is 9.48 Å². The van der Waals surface area contributed by atoms with Crippen molar-refractivity contribution in [1.29, 1.82) is 0 Å². The number of carbonyl (C=O) groups is 1. The summed E-state index contributed by atoms with van der Waals surface area (Å²) in [5, 5.41) is 6.91. The summed E-state index contributed by atoms with van der Waals surface area (Å²) in [6.45, 7) is 1.87. The average Bonchev–Trinajstić information content (AvgIpc) is 2.58. The number of carbonyl (C=O) groups excluding carboxylic acids is 1. The Morgan fingerprint density at radius 1 is 1.53 bits per heavy atom. The van der Waals surface area contributed by atoms with Gasteiger partial charge in [-0.15, -0.1) is 0 Å². The van der Waals surface area contributed by atoms with Crippen molar-refractivity contribution in [1.82, 2.24) is 14.8 Å². The number of pyridine rings is 1. The molecule has 88 valence electrons. The molecule has 0 spiro atoms. The van der Waals surface area contributed by atoms with Crippen molar-refractivity contribution in [2.45, 2.75) is 6.92 Å². The molecule has 1 amide bonds.